The summed E-state index contributed by atoms with van der Waals surface area (Å²) in [6.07, 6.45) is 0.759. The average molecular weight is 387 g/mol. The van der Waals surface area contributed by atoms with Gasteiger partial charge in [-0.2, -0.15) is 5.10 Å². The molecule has 0 aliphatic carbocycles. The largest absolute Gasteiger partial charge is 0.324 e. The fraction of sp³-hybridized carbons (Fsp3) is 0.357. The van der Waals surface area contributed by atoms with Gasteiger partial charge in [0.05, 0.1) is 15.9 Å². The Morgan fingerprint density at radius 2 is 2.00 bits per heavy atom. The van der Waals surface area contributed by atoms with Crippen LogP contribution in [0, 0.1) is 13.8 Å². The molecular weight excluding hydrogens is 370 g/mol. The van der Waals surface area contributed by atoms with E-state index in [4.69, 9.17) is 5.73 Å². The molecule has 0 bridgehead atoms. The lowest BCUT2D eigenvalue weighted by Crippen LogP contribution is -2.16. The van der Waals surface area contributed by atoms with E-state index in [0.29, 0.717) is 0 Å². The molecule has 0 aliphatic rings. The molecule has 2 rings (SSSR count). The lowest BCUT2D eigenvalue weighted by molar-refractivity contribution is 0.636. The Morgan fingerprint density at radius 3 is 2.58 bits per heavy atom. The van der Waals surface area contributed by atoms with Gasteiger partial charge in [0.25, 0.3) is 0 Å². The zero-order valence-corrected chi connectivity index (χ0v) is 14.4. The summed E-state index contributed by atoms with van der Waals surface area (Å²) in [5, 5.41) is 4.40. The summed E-state index contributed by atoms with van der Waals surface area (Å²) in [6, 6.07) is 6.18. The first-order valence-electron chi connectivity index (χ1n) is 6.09. The molecule has 102 valence electrons. The highest BCUT2D eigenvalue weighted by Crippen LogP contribution is 2.27. The van der Waals surface area contributed by atoms with Crippen molar-refractivity contribution in [1.29, 1.82) is 0 Å². The van der Waals surface area contributed by atoms with Crippen molar-refractivity contribution >= 4 is 31.9 Å². The summed E-state index contributed by atoms with van der Waals surface area (Å²) in [7, 11) is 1.95. The summed E-state index contributed by atoms with van der Waals surface area (Å²) < 4.78 is 4.01. The molecule has 1 aromatic heterocycles. The molecule has 1 aromatic carbocycles. The fourth-order valence-corrected chi connectivity index (χ4v) is 3.11. The summed E-state index contributed by atoms with van der Waals surface area (Å²) in [4.78, 5) is 0. The Hall–Kier alpha value is -0.650. The van der Waals surface area contributed by atoms with Crippen LogP contribution in [0.15, 0.2) is 27.1 Å². The van der Waals surface area contributed by atoms with E-state index >= 15 is 0 Å². The van der Waals surface area contributed by atoms with Crippen molar-refractivity contribution in [2.24, 2.45) is 12.8 Å². The molecule has 0 saturated heterocycles. The molecule has 0 radical (unpaired) electrons. The van der Waals surface area contributed by atoms with Crippen molar-refractivity contribution in [3.63, 3.8) is 0 Å². The van der Waals surface area contributed by atoms with E-state index in [-0.39, 0.29) is 6.04 Å². The number of hydrogen-bond acceptors (Lipinski definition) is 2. The minimum Gasteiger partial charge on any atom is -0.324 e. The molecule has 0 fully saturated rings. The van der Waals surface area contributed by atoms with Gasteiger partial charge in [-0.1, -0.05) is 22.0 Å². The number of aromatic nitrogens is 2. The highest BCUT2D eigenvalue weighted by molar-refractivity contribution is 9.10. The van der Waals surface area contributed by atoms with Crippen LogP contribution < -0.4 is 5.73 Å². The van der Waals surface area contributed by atoms with Crippen LogP contribution in [-0.2, 0) is 13.5 Å². The zero-order valence-electron chi connectivity index (χ0n) is 11.2. The molecule has 1 unspecified atom stereocenters. The Bertz CT molecular complexity index is 605. The van der Waals surface area contributed by atoms with Gasteiger partial charge in [0.1, 0.15) is 0 Å². The molecular formula is C14H17Br2N3. The average Bonchev–Trinajstić information content (AvgIpc) is 2.59. The monoisotopic (exact) mass is 385 g/mol. The fourth-order valence-electron chi connectivity index (χ4n) is 2.23. The normalized spacial score (nSPS) is 12.7. The maximum absolute atomic E-state index is 6.36. The third-order valence-electron chi connectivity index (χ3n) is 3.32. The molecule has 0 spiro atoms. The highest BCUT2D eigenvalue weighted by atomic mass is 79.9. The molecule has 0 saturated carbocycles. The number of rotatable bonds is 3. The molecule has 0 aliphatic heterocycles. The first-order chi connectivity index (χ1) is 8.90. The Labute approximate surface area is 130 Å². The summed E-state index contributed by atoms with van der Waals surface area (Å²) in [6.45, 7) is 4.08. The SMILES string of the molecule is Cc1ccc(Br)cc1C(N)Cc1c(Br)c(C)nn1C. The summed E-state index contributed by atoms with van der Waals surface area (Å²) in [5.41, 5.74) is 10.9. The zero-order chi connectivity index (χ0) is 14.2. The molecule has 5 heteroatoms. The molecule has 1 heterocycles. The smallest absolute Gasteiger partial charge is 0.0738 e. The quantitative estimate of drug-likeness (QED) is 0.871. The second-order valence-corrected chi connectivity index (χ2v) is 6.49. The third kappa shape index (κ3) is 3.09. The van der Waals surface area contributed by atoms with Gasteiger partial charge in [-0.05, 0) is 53.0 Å². The van der Waals surface area contributed by atoms with Gasteiger partial charge in [0, 0.05) is 24.0 Å². The van der Waals surface area contributed by atoms with Gasteiger partial charge in [-0.25, -0.2) is 0 Å². The number of halogens is 2. The van der Waals surface area contributed by atoms with Crippen molar-refractivity contribution in [3.05, 3.63) is 49.7 Å². The molecule has 0 amide bonds. The van der Waals surface area contributed by atoms with E-state index < -0.39 is 0 Å². The number of aryl methyl sites for hydroxylation is 3. The Balaban J connectivity index is 2.30. The predicted molar refractivity (Wildman–Crippen MR) is 85.2 cm³/mol. The van der Waals surface area contributed by atoms with E-state index in [1.54, 1.807) is 0 Å². The maximum Gasteiger partial charge on any atom is 0.0738 e. The summed E-state index contributed by atoms with van der Waals surface area (Å²) >= 11 is 7.09. The topological polar surface area (TPSA) is 43.8 Å². The lowest BCUT2D eigenvalue weighted by Gasteiger charge is -2.15. The molecule has 2 N–H and O–H groups in total. The van der Waals surface area contributed by atoms with Gasteiger partial charge in [0.15, 0.2) is 0 Å². The highest BCUT2D eigenvalue weighted by Gasteiger charge is 2.16. The summed E-state index contributed by atoms with van der Waals surface area (Å²) in [5.74, 6) is 0. The van der Waals surface area contributed by atoms with Crippen LogP contribution in [0.4, 0.5) is 0 Å². The second-order valence-electron chi connectivity index (χ2n) is 4.78. The van der Waals surface area contributed by atoms with Crippen LogP contribution in [0.1, 0.15) is 28.6 Å². The van der Waals surface area contributed by atoms with E-state index in [0.717, 1.165) is 26.8 Å². The number of benzene rings is 1. The minimum atomic E-state index is -0.0383. The third-order valence-corrected chi connectivity index (χ3v) is 4.84. The Morgan fingerprint density at radius 1 is 1.32 bits per heavy atom. The number of nitrogens with two attached hydrogens (primary N) is 1. The molecule has 1 atom stereocenters. The molecule has 3 nitrogen and oxygen atoms in total. The maximum atomic E-state index is 6.36. The van der Waals surface area contributed by atoms with E-state index in [2.05, 4.69) is 56.0 Å². The predicted octanol–water partition coefficient (Wildman–Crippen LogP) is 3.80. The first-order valence-corrected chi connectivity index (χ1v) is 7.68. The van der Waals surface area contributed by atoms with Crippen LogP contribution in [0.5, 0.6) is 0 Å². The van der Waals surface area contributed by atoms with Gasteiger partial charge < -0.3 is 5.73 Å². The van der Waals surface area contributed by atoms with Crippen molar-refractivity contribution in [2.75, 3.05) is 0 Å². The Kier molecular flexibility index (Phi) is 4.48. The molecule has 2 aromatic rings. The number of hydrogen-bond donors (Lipinski definition) is 1. The minimum absolute atomic E-state index is 0.0383. The van der Waals surface area contributed by atoms with Crippen molar-refractivity contribution in [3.8, 4) is 0 Å². The van der Waals surface area contributed by atoms with Gasteiger partial charge in [-0.3, -0.25) is 4.68 Å². The second kappa shape index (κ2) is 5.77. The van der Waals surface area contributed by atoms with Gasteiger partial charge >= 0.3 is 0 Å². The van der Waals surface area contributed by atoms with Gasteiger partial charge in [-0.15, -0.1) is 0 Å². The van der Waals surface area contributed by atoms with Crippen LogP contribution in [0.3, 0.4) is 0 Å². The van der Waals surface area contributed by atoms with Crippen LogP contribution >= 0.6 is 31.9 Å². The van der Waals surface area contributed by atoms with Crippen molar-refractivity contribution < 1.29 is 0 Å². The van der Waals surface area contributed by atoms with E-state index in [1.165, 1.54) is 11.1 Å². The van der Waals surface area contributed by atoms with Gasteiger partial charge in [0.2, 0.25) is 0 Å². The van der Waals surface area contributed by atoms with E-state index in [1.807, 2.05) is 24.7 Å². The van der Waals surface area contributed by atoms with Crippen LogP contribution in [-0.4, -0.2) is 9.78 Å². The van der Waals surface area contributed by atoms with E-state index in [9.17, 15) is 0 Å². The number of nitrogens with zero attached hydrogens (tertiary/aromatic N) is 2. The van der Waals surface area contributed by atoms with Crippen LogP contribution in [0.25, 0.3) is 0 Å². The standard InChI is InChI=1S/C14H17Br2N3/c1-8-4-5-10(15)6-11(8)12(17)7-13-14(16)9(2)18-19(13)3/h4-6,12H,7,17H2,1-3H3. The van der Waals surface area contributed by atoms with Crippen molar-refractivity contribution in [2.45, 2.75) is 26.3 Å². The first kappa shape index (κ1) is 14.8. The lowest BCUT2D eigenvalue weighted by atomic mass is 9.98. The van der Waals surface area contributed by atoms with Crippen LogP contribution in [0.2, 0.25) is 0 Å². The molecule has 19 heavy (non-hydrogen) atoms. The van der Waals surface area contributed by atoms with Crippen molar-refractivity contribution in [1.82, 2.24) is 9.78 Å².